The van der Waals surface area contributed by atoms with Gasteiger partial charge in [-0.2, -0.15) is 13.2 Å². The van der Waals surface area contributed by atoms with Gasteiger partial charge in [0.05, 0.1) is 12.5 Å². The zero-order chi connectivity index (χ0) is 21.6. The van der Waals surface area contributed by atoms with Crippen LogP contribution in [0.5, 0.6) is 5.88 Å². The number of carbonyl (C=O) groups is 2. The topological polar surface area (TPSA) is 94.1 Å². The Morgan fingerprint density at radius 3 is 2.55 bits per heavy atom. The van der Waals surface area contributed by atoms with Crippen molar-refractivity contribution < 1.29 is 27.5 Å². The van der Waals surface area contributed by atoms with Crippen LogP contribution in [0.2, 0.25) is 0 Å². The van der Waals surface area contributed by atoms with Crippen molar-refractivity contribution in [3.63, 3.8) is 0 Å². The monoisotopic (exact) mass is 410 g/mol. The van der Waals surface area contributed by atoms with Gasteiger partial charge in [0.2, 0.25) is 5.88 Å². The maximum atomic E-state index is 12.5. The third-order valence-electron chi connectivity index (χ3n) is 3.87. The highest BCUT2D eigenvalue weighted by molar-refractivity contribution is 5.92. The van der Waals surface area contributed by atoms with Gasteiger partial charge >= 0.3 is 6.18 Å². The van der Waals surface area contributed by atoms with Crippen molar-refractivity contribution in [3.05, 3.63) is 47.2 Å². The molecule has 2 aromatic heterocycles. The highest BCUT2D eigenvalue weighted by Gasteiger charge is 2.28. The second-order valence-electron chi connectivity index (χ2n) is 6.41. The van der Waals surface area contributed by atoms with Crippen molar-refractivity contribution in [2.45, 2.75) is 45.8 Å². The molecule has 29 heavy (non-hydrogen) atoms. The molecule has 0 aliphatic carbocycles. The summed E-state index contributed by atoms with van der Waals surface area (Å²) in [6.45, 7) is 3.70. The maximum Gasteiger partial charge on any atom is 0.422 e. The number of rotatable bonds is 8. The Balaban J connectivity index is 2.04. The molecule has 2 heterocycles. The normalized spacial score (nSPS) is 12.3. The summed E-state index contributed by atoms with van der Waals surface area (Å²) < 4.78 is 41.1. The van der Waals surface area contributed by atoms with Gasteiger partial charge in [-0.25, -0.2) is 15.0 Å². The predicted octanol–water partition coefficient (Wildman–Crippen LogP) is 3.13. The predicted molar refractivity (Wildman–Crippen MR) is 97.4 cm³/mol. The Kier molecular flexibility index (Phi) is 7.24. The van der Waals surface area contributed by atoms with Crippen molar-refractivity contribution in [1.29, 1.82) is 0 Å². The molecule has 1 amide bonds. The lowest BCUT2D eigenvalue weighted by molar-refractivity contribution is -0.154. The summed E-state index contributed by atoms with van der Waals surface area (Å²) >= 11 is 0. The molecule has 2 rings (SSSR count). The summed E-state index contributed by atoms with van der Waals surface area (Å²) in [6, 6.07) is 3.84. The Bertz CT molecular complexity index is 870. The van der Waals surface area contributed by atoms with E-state index in [4.69, 9.17) is 0 Å². The van der Waals surface area contributed by atoms with Crippen molar-refractivity contribution in [2.24, 2.45) is 0 Å². The summed E-state index contributed by atoms with van der Waals surface area (Å²) in [7, 11) is 0. The van der Waals surface area contributed by atoms with Crippen LogP contribution in [0.1, 0.15) is 53.9 Å². The number of aryl methyl sites for hydroxylation is 1. The molecule has 1 atom stereocenters. The smallest absolute Gasteiger partial charge is 0.422 e. The molecule has 0 bridgehead atoms. The number of amides is 1. The first-order chi connectivity index (χ1) is 13.6. The lowest BCUT2D eigenvalue weighted by atomic mass is 10.1. The molecule has 0 radical (unpaired) electrons. The van der Waals surface area contributed by atoms with Gasteiger partial charge in [0.1, 0.15) is 17.3 Å². The van der Waals surface area contributed by atoms with Gasteiger partial charge in [-0.3, -0.25) is 9.59 Å². The number of alkyl halides is 3. The molecular formula is C19H21F3N4O3. The standard InChI is InChI=1S/C19H21F3N4O3/c1-4-14(27)8-16-24-11(2)7-15(26-16)18(28)25-12(3)13-5-6-17(23-9-13)29-10-19(20,21)22/h5-7,9,12H,4,8,10H2,1-3H3,(H,25,28). The molecule has 156 valence electrons. The van der Waals surface area contributed by atoms with Gasteiger partial charge < -0.3 is 10.1 Å². The van der Waals surface area contributed by atoms with Crippen molar-refractivity contribution in [1.82, 2.24) is 20.3 Å². The molecule has 0 saturated carbocycles. The number of ketones is 1. The first-order valence-electron chi connectivity index (χ1n) is 8.90. The zero-order valence-corrected chi connectivity index (χ0v) is 16.2. The van der Waals surface area contributed by atoms with Gasteiger partial charge in [-0.05, 0) is 25.5 Å². The van der Waals surface area contributed by atoms with E-state index in [-0.39, 0.29) is 29.6 Å². The molecule has 0 fully saturated rings. The number of carbonyl (C=O) groups excluding carboxylic acids is 2. The number of Topliss-reactive ketones (excluding diaryl/α,β-unsaturated/α-hetero) is 1. The molecule has 1 N–H and O–H groups in total. The highest BCUT2D eigenvalue weighted by Crippen LogP contribution is 2.19. The SMILES string of the molecule is CCC(=O)Cc1nc(C)cc(C(=O)NC(C)c2ccc(OCC(F)(F)F)nc2)n1. The molecule has 10 heteroatoms. The van der Waals surface area contributed by atoms with E-state index in [0.29, 0.717) is 17.7 Å². The summed E-state index contributed by atoms with van der Waals surface area (Å²) in [5.41, 5.74) is 1.26. The molecule has 0 aliphatic heterocycles. The van der Waals surface area contributed by atoms with Crippen LogP contribution in [0.3, 0.4) is 0 Å². The van der Waals surface area contributed by atoms with Gasteiger partial charge in [0, 0.05) is 24.4 Å². The van der Waals surface area contributed by atoms with E-state index in [1.165, 1.54) is 24.4 Å². The van der Waals surface area contributed by atoms with Crippen LogP contribution in [0, 0.1) is 6.92 Å². The molecule has 0 aromatic carbocycles. The molecule has 0 saturated heterocycles. The largest absolute Gasteiger partial charge is 0.468 e. The summed E-state index contributed by atoms with van der Waals surface area (Å²) in [5, 5.41) is 2.73. The van der Waals surface area contributed by atoms with Crippen LogP contribution in [-0.4, -0.2) is 39.4 Å². The second-order valence-corrected chi connectivity index (χ2v) is 6.41. The van der Waals surface area contributed by atoms with Crippen LogP contribution >= 0.6 is 0 Å². The fourth-order valence-corrected chi connectivity index (χ4v) is 2.37. The number of nitrogens with one attached hydrogen (secondary N) is 1. The van der Waals surface area contributed by atoms with E-state index < -0.39 is 24.7 Å². The number of hydrogen-bond donors (Lipinski definition) is 1. The maximum absolute atomic E-state index is 12.5. The fourth-order valence-electron chi connectivity index (χ4n) is 2.37. The Morgan fingerprint density at radius 2 is 1.97 bits per heavy atom. The minimum absolute atomic E-state index is 0.0331. The van der Waals surface area contributed by atoms with Crippen molar-refractivity contribution >= 4 is 11.7 Å². The molecule has 0 spiro atoms. The number of halogens is 3. The zero-order valence-electron chi connectivity index (χ0n) is 16.2. The van der Waals surface area contributed by atoms with E-state index in [9.17, 15) is 22.8 Å². The molecule has 2 aromatic rings. The van der Waals surface area contributed by atoms with Crippen LogP contribution in [-0.2, 0) is 11.2 Å². The Morgan fingerprint density at radius 1 is 1.24 bits per heavy atom. The van der Waals surface area contributed by atoms with Crippen molar-refractivity contribution in [2.75, 3.05) is 6.61 Å². The number of aromatic nitrogens is 3. The summed E-state index contributed by atoms with van der Waals surface area (Å²) in [5.74, 6) is -0.386. The minimum atomic E-state index is -4.45. The van der Waals surface area contributed by atoms with Crippen molar-refractivity contribution in [3.8, 4) is 5.88 Å². The van der Waals surface area contributed by atoms with E-state index in [2.05, 4.69) is 25.0 Å². The van der Waals surface area contributed by atoms with Gasteiger partial charge in [-0.15, -0.1) is 0 Å². The van der Waals surface area contributed by atoms with E-state index >= 15 is 0 Å². The number of pyridine rings is 1. The third kappa shape index (κ3) is 7.13. The number of hydrogen-bond acceptors (Lipinski definition) is 6. The first kappa shape index (κ1) is 22.3. The number of nitrogens with zero attached hydrogens (tertiary/aromatic N) is 3. The minimum Gasteiger partial charge on any atom is -0.468 e. The van der Waals surface area contributed by atoms with Crippen LogP contribution in [0.4, 0.5) is 13.2 Å². The third-order valence-corrected chi connectivity index (χ3v) is 3.87. The lowest BCUT2D eigenvalue weighted by Crippen LogP contribution is -2.28. The molecule has 7 nitrogen and oxygen atoms in total. The van der Waals surface area contributed by atoms with Gasteiger partial charge in [-0.1, -0.05) is 13.0 Å². The summed E-state index contributed by atoms with van der Waals surface area (Å²) in [6.07, 6.45) is -2.71. The Labute approximate surface area is 165 Å². The molecular weight excluding hydrogens is 389 g/mol. The Hall–Kier alpha value is -3.04. The molecule has 0 aliphatic rings. The second kappa shape index (κ2) is 9.44. The fraction of sp³-hybridized carbons (Fsp3) is 0.421. The molecule has 1 unspecified atom stereocenters. The lowest BCUT2D eigenvalue weighted by Gasteiger charge is -2.15. The van der Waals surface area contributed by atoms with E-state index in [1.54, 1.807) is 20.8 Å². The quantitative estimate of drug-likeness (QED) is 0.719. The summed E-state index contributed by atoms with van der Waals surface area (Å²) in [4.78, 5) is 36.2. The average molecular weight is 410 g/mol. The van der Waals surface area contributed by atoms with Gasteiger partial charge in [0.15, 0.2) is 6.61 Å². The van der Waals surface area contributed by atoms with Gasteiger partial charge in [0.25, 0.3) is 5.91 Å². The van der Waals surface area contributed by atoms with E-state index in [0.717, 1.165) is 0 Å². The van der Waals surface area contributed by atoms with Crippen LogP contribution in [0.15, 0.2) is 24.4 Å². The van der Waals surface area contributed by atoms with E-state index in [1.807, 2.05) is 0 Å². The first-order valence-corrected chi connectivity index (χ1v) is 8.90. The number of ether oxygens (including phenoxy) is 1. The average Bonchev–Trinajstić information content (AvgIpc) is 2.65. The van der Waals surface area contributed by atoms with Crippen LogP contribution < -0.4 is 10.1 Å². The highest BCUT2D eigenvalue weighted by atomic mass is 19.4. The van der Waals surface area contributed by atoms with Crippen LogP contribution in [0.25, 0.3) is 0 Å².